The molecule has 0 amide bonds. The van der Waals surface area contributed by atoms with Crippen LogP contribution in [0.1, 0.15) is 17.5 Å². The number of pyridine rings is 1. The second-order valence-corrected chi connectivity index (χ2v) is 10.6. The fraction of sp³-hybridized carbons (Fsp3) is 0.263. The first kappa shape index (κ1) is 19.2. The molecule has 1 atom stereocenters. The van der Waals surface area contributed by atoms with E-state index in [0.717, 1.165) is 31.3 Å². The summed E-state index contributed by atoms with van der Waals surface area (Å²) in [7, 11) is -2.15. The Morgan fingerprint density at radius 1 is 1.25 bits per heavy atom. The van der Waals surface area contributed by atoms with E-state index >= 15 is 0 Å². The molecule has 4 rings (SSSR count). The quantitative estimate of drug-likeness (QED) is 0.665. The molecule has 0 fully saturated rings. The molecule has 6 nitrogen and oxygen atoms in total. The molecule has 146 valence electrons. The zero-order valence-electron chi connectivity index (χ0n) is 15.6. The summed E-state index contributed by atoms with van der Waals surface area (Å²) in [4.78, 5) is 10.6. The smallest absolute Gasteiger partial charge is 0.239 e. The van der Waals surface area contributed by atoms with E-state index in [2.05, 4.69) is 9.98 Å². The predicted octanol–water partition coefficient (Wildman–Crippen LogP) is 3.73. The van der Waals surface area contributed by atoms with Crippen LogP contribution >= 0.6 is 22.9 Å². The molecule has 0 bridgehead atoms. The van der Waals surface area contributed by atoms with Crippen LogP contribution in [-0.4, -0.2) is 36.5 Å². The van der Waals surface area contributed by atoms with Crippen molar-refractivity contribution in [2.24, 2.45) is 10.7 Å². The van der Waals surface area contributed by atoms with Crippen molar-refractivity contribution in [3.63, 3.8) is 0 Å². The van der Waals surface area contributed by atoms with Crippen molar-refractivity contribution in [1.29, 1.82) is 0 Å². The van der Waals surface area contributed by atoms with Crippen LogP contribution in [0.5, 0.6) is 0 Å². The van der Waals surface area contributed by atoms with Crippen LogP contribution in [0, 0.1) is 6.92 Å². The third-order valence-electron chi connectivity index (χ3n) is 4.86. The Kier molecular flexibility index (Phi) is 4.41. The molecule has 0 aliphatic carbocycles. The maximum atomic E-state index is 12.5. The third kappa shape index (κ3) is 3.15. The van der Waals surface area contributed by atoms with Gasteiger partial charge in [-0.3, -0.25) is 4.98 Å². The van der Waals surface area contributed by atoms with Gasteiger partial charge in [0, 0.05) is 23.0 Å². The van der Waals surface area contributed by atoms with Gasteiger partial charge in [0.05, 0.1) is 21.2 Å². The summed E-state index contributed by atoms with van der Waals surface area (Å²) < 4.78 is 25.9. The van der Waals surface area contributed by atoms with Gasteiger partial charge in [-0.2, -0.15) is 0 Å². The minimum atomic E-state index is -3.56. The number of nitrogens with two attached hydrogens (primary N) is 1. The molecule has 9 heteroatoms. The van der Waals surface area contributed by atoms with Gasteiger partial charge in [-0.05, 0) is 37.6 Å². The van der Waals surface area contributed by atoms with Crippen molar-refractivity contribution >= 4 is 49.8 Å². The Bertz CT molecular complexity index is 1240. The molecule has 3 heterocycles. The molecule has 1 aliphatic heterocycles. The molecule has 0 radical (unpaired) electrons. The molecule has 1 aliphatic rings. The van der Waals surface area contributed by atoms with Gasteiger partial charge in [0.2, 0.25) is 16.0 Å². The number of aromatic nitrogens is 1. The van der Waals surface area contributed by atoms with Crippen LogP contribution in [0.2, 0.25) is 5.02 Å². The van der Waals surface area contributed by atoms with E-state index in [-0.39, 0.29) is 11.7 Å². The Morgan fingerprint density at radius 2 is 1.96 bits per heavy atom. The number of hydrogen-bond donors (Lipinski definition) is 1. The first-order valence-electron chi connectivity index (χ1n) is 8.59. The molecule has 2 N–H and O–H groups in total. The first-order valence-corrected chi connectivity index (χ1v) is 11.4. The summed E-state index contributed by atoms with van der Waals surface area (Å²) in [6, 6.07) is 11.9. The fourth-order valence-electron chi connectivity index (χ4n) is 3.32. The second-order valence-electron chi connectivity index (χ2n) is 7.12. The lowest BCUT2D eigenvalue weighted by Gasteiger charge is -2.33. The van der Waals surface area contributed by atoms with E-state index in [4.69, 9.17) is 17.3 Å². The highest BCUT2D eigenvalue weighted by Gasteiger charge is 2.42. The van der Waals surface area contributed by atoms with Crippen LogP contribution in [0.4, 0.5) is 0 Å². The molecular formula is C19H19ClN4O2S2. The van der Waals surface area contributed by atoms with Crippen molar-refractivity contribution < 1.29 is 8.42 Å². The lowest BCUT2D eigenvalue weighted by Crippen LogP contribution is -2.50. The normalized spacial score (nSPS) is 21.7. The summed E-state index contributed by atoms with van der Waals surface area (Å²) in [6.45, 7) is 3.70. The van der Waals surface area contributed by atoms with E-state index in [1.54, 1.807) is 6.92 Å². The van der Waals surface area contributed by atoms with Crippen LogP contribution in [-0.2, 0) is 15.6 Å². The van der Waals surface area contributed by atoms with Crippen molar-refractivity contribution in [3.05, 3.63) is 52.0 Å². The van der Waals surface area contributed by atoms with Gasteiger partial charge in [0.15, 0.2) is 0 Å². The number of benzene rings is 1. The lowest BCUT2D eigenvalue weighted by atomic mass is 10.0. The number of nitrogens with zero attached hydrogens (tertiary/aromatic N) is 3. The molecule has 0 saturated heterocycles. The average Bonchev–Trinajstić information content (AvgIpc) is 3.01. The number of rotatable bonds is 2. The number of aliphatic imine (C=N–C) groups is 1. The highest BCUT2D eigenvalue weighted by molar-refractivity contribution is 7.89. The third-order valence-corrected chi connectivity index (χ3v) is 8.65. The molecular weight excluding hydrogens is 416 g/mol. The summed E-state index contributed by atoms with van der Waals surface area (Å²) in [5.41, 5.74) is 7.66. The van der Waals surface area contributed by atoms with Gasteiger partial charge < -0.3 is 5.73 Å². The minimum absolute atomic E-state index is 0.0369. The Morgan fingerprint density at radius 3 is 2.68 bits per heavy atom. The zero-order chi connectivity index (χ0) is 20.3. The maximum Gasteiger partial charge on any atom is 0.239 e. The molecule has 28 heavy (non-hydrogen) atoms. The summed E-state index contributed by atoms with van der Waals surface area (Å²) in [5, 5.41) is 1.54. The SMILES string of the molecule is Cc1ccc2ccc(-c3cc(Cl)c([C@]4(C)CS(=O)(=O)N(C)C(N)=N4)s3)cc2n1. The van der Waals surface area contributed by atoms with Gasteiger partial charge in [0.25, 0.3) is 0 Å². The average molecular weight is 435 g/mol. The van der Waals surface area contributed by atoms with Crippen molar-refractivity contribution in [2.75, 3.05) is 12.8 Å². The standard InChI is InChI=1S/C19H19ClN4O2S2/c1-11-4-5-12-6-7-13(8-15(12)22-11)16-9-14(20)17(27-16)19(2)10-28(25,26)24(3)18(21)23-19/h4-9H,10H2,1-3H3,(H2,21,23)/t19-/m0/s1. The van der Waals surface area contributed by atoms with Crippen LogP contribution in [0.25, 0.3) is 21.3 Å². The topological polar surface area (TPSA) is 88.7 Å². The summed E-state index contributed by atoms with van der Waals surface area (Å²) in [5.74, 6) is -0.222. The Labute approximate surface area is 172 Å². The van der Waals surface area contributed by atoms with Crippen LogP contribution < -0.4 is 5.73 Å². The largest absolute Gasteiger partial charge is 0.369 e. The lowest BCUT2D eigenvalue weighted by molar-refractivity contribution is 0.482. The molecule has 0 spiro atoms. The van der Waals surface area contributed by atoms with Crippen molar-refractivity contribution in [2.45, 2.75) is 19.4 Å². The Balaban J connectivity index is 1.81. The highest BCUT2D eigenvalue weighted by atomic mass is 35.5. The minimum Gasteiger partial charge on any atom is -0.369 e. The number of fused-ring (bicyclic) bond motifs is 1. The number of hydrogen-bond acceptors (Lipinski definition) is 6. The number of halogens is 1. The number of aryl methyl sites for hydroxylation is 1. The van der Waals surface area contributed by atoms with Crippen LogP contribution in [0.15, 0.2) is 41.4 Å². The van der Waals surface area contributed by atoms with E-state index < -0.39 is 15.6 Å². The highest BCUT2D eigenvalue weighted by Crippen LogP contribution is 2.44. The molecule has 0 unspecified atom stereocenters. The van der Waals surface area contributed by atoms with Gasteiger partial charge in [-0.1, -0.05) is 29.8 Å². The van der Waals surface area contributed by atoms with Gasteiger partial charge in [0.1, 0.15) is 5.54 Å². The number of thiophene rings is 1. The molecule has 2 aromatic heterocycles. The van der Waals surface area contributed by atoms with Crippen molar-refractivity contribution in [1.82, 2.24) is 9.29 Å². The van der Waals surface area contributed by atoms with Gasteiger partial charge >= 0.3 is 0 Å². The fourth-order valence-corrected chi connectivity index (χ4v) is 6.48. The molecule has 0 saturated carbocycles. The summed E-state index contributed by atoms with van der Waals surface area (Å²) >= 11 is 7.94. The van der Waals surface area contributed by atoms with Gasteiger partial charge in [-0.15, -0.1) is 11.3 Å². The van der Waals surface area contributed by atoms with Crippen molar-refractivity contribution in [3.8, 4) is 10.4 Å². The zero-order valence-corrected chi connectivity index (χ0v) is 18.0. The predicted molar refractivity (Wildman–Crippen MR) is 115 cm³/mol. The van der Waals surface area contributed by atoms with E-state index in [1.807, 2.05) is 43.3 Å². The first-order chi connectivity index (χ1) is 13.1. The molecule has 1 aromatic carbocycles. The Hall–Kier alpha value is -2.16. The van der Waals surface area contributed by atoms with Crippen LogP contribution in [0.3, 0.4) is 0 Å². The second kappa shape index (κ2) is 6.43. The van der Waals surface area contributed by atoms with E-state index in [0.29, 0.717) is 9.90 Å². The monoisotopic (exact) mass is 434 g/mol. The molecule has 3 aromatic rings. The maximum absolute atomic E-state index is 12.5. The number of sulfonamides is 1. The van der Waals surface area contributed by atoms with E-state index in [9.17, 15) is 8.42 Å². The van der Waals surface area contributed by atoms with E-state index in [1.165, 1.54) is 18.4 Å². The summed E-state index contributed by atoms with van der Waals surface area (Å²) in [6.07, 6.45) is 0. The van der Waals surface area contributed by atoms with Gasteiger partial charge in [-0.25, -0.2) is 17.7 Å². The number of guanidine groups is 1.